The minimum absolute atomic E-state index is 0.0213. The molecule has 2 N–H and O–H groups in total. The van der Waals surface area contributed by atoms with E-state index in [4.69, 9.17) is 9.47 Å². The number of rotatable bonds is 10. The molecule has 0 radical (unpaired) electrons. The molecule has 0 fully saturated rings. The average Bonchev–Trinajstić information content (AvgIpc) is 3.27. The summed E-state index contributed by atoms with van der Waals surface area (Å²) in [5.74, 6) is -0.759. The summed E-state index contributed by atoms with van der Waals surface area (Å²) in [5.41, 5.74) is 0.792. The van der Waals surface area contributed by atoms with Crippen molar-refractivity contribution in [2.75, 3.05) is 18.4 Å². The molecular weight excluding hydrogens is 447 g/mol. The monoisotopic (exact) mass is 469 g/mol. The summed E-state index contributed by atoms with van der Waals surface area (Å²) >= 11 is 0. The van der Waals surface area contributed by atoms with E-state index in [1.807, 2.05) is 13.8 Å². The molecule has 12 heteroatoms. The molecule has 32 heavy (non-hydrogen) atoms. The van der Waals surface area contributed by atoms with Crippen molar-refractivity contribution in [1.29, 1.82) is 0 Å². The van der Waals surface area contributed by atoms with Gasteiger partial charge in [0, 0.05) is 18.3 Å². The Bertz CT molecular complexity index is 1100. The van der Waals surface area contributed by atoms with Crippen molar-refractivity contribution in [3.63, 3.8) is 0 Å². The van der Waals surface area contributed by atoms with Crippen molar-refractivity contribution in [2.45, 2.75) is 37.5 Å². The van der Waals surface area contributed by atoms with E-state index in [0.29, 0.717) is 22.7 Å². The molecule has 0 aliphatic carbocycles. The SMILES string of the molecule is CCC(C)c1nc(NS(=O)c2c[nH]c(-c3ncccc3F)c2)nc(OC)c1OCC(F)F. The van der Waals surface area contributed by atoms with Crippen molar-refractivity contribution >= 4 is 16.9 Å². The van der Waals surface area contributed by atoms with E-state index < -0.39 is 29.8 Å². The summed E-state index contributed by atoms with van der Waals surface area (Å²) in [6.45, 7) is 2.91. The Morgan fingerprint density at radius 2 is 2.09 bits per heavy atom. The number of hydrogen-bond donors (Lipinski definition) is 2. The van der Waals surface area contributed by atoms with Crippen LogP contribution in [0.3, 0.4) is 0 Å². The van der Waals surface area contributed by atoms with Gasteiger partial charge >= 0.3 is 0 Å². The zero-order valence-corrected chi connectivity index (χ0v) is 18.4. The third kappa shape index (κ3) is 5.36. The van der Waals surface area contributed by atoms with Gasteiger partial charge in [0.15, 0.2) is 16.8 Å². The van der Waals surface area contributed by atoms with Gasteiger partial charge in [-0.3, -0.25) is 9.71 Å². The van der Waals surface area contributed by atoms with Gasteiger partial charge in [-0.25, -0.2) is 22.4 Å². The first kappa shape index (κ1) is 23.5. The lowest BCUT2D eigenvalue weighted by Crippen LogP contribution is -2.15. The van der Waals surface area contributed by atoms with Crippen molar-refractivity contribution in [1.82, 2.24) is 19.9 Å². The van der Waals surface area contributed by atoms with E-state index in [2.05, 4.69) is 24.7 Å². The summed E-state index contributed by atoms with van der Waals surface area (Å²) in [6.07, 6.45) is 0.855. The number of aromatic amines is 1. The molecule has 3 aromatic rings. The van der Waals surface area contributed by atoms with Crippen LogP contribution in [0.4, 0.5) is 19.1 Å². The normalized spacial score (nSPS) is 13.1. The predicted molar refractivity (Wildman–Crippen MR) is 113 cm³/mol. The second kappa shape index (κ2) is 10.4. The fourth-order valence-electron chi connectivity index (χ4n) is 2.78. The molecule has 0 aliphatic heterocycles. The lowest BCUT2D eigenvalue weighted by atomic mass is 10.0. The van der Waals surface area contributed by atoms with Gasteiger partial charge in [-0.2, -0.15) is 4.98 Å². The first-order chi connectivity index (χ1) is 15.3. The molecule has 0 amide bonds. The molecule has 2 atom stereocenters. The average molecular weight is 469 g/mol. The van der Waals surface area contributed by atoms with Crippen molar-refractivity contribution in [3.05, 3.63) is 42.1 Å². The first-order valence-corrected chi connectivity index (χ1v) is 10.8. The van der Waals surface area contributed by atoms with E-state index in [0.717, 1.165) is 0 Å². The topological polar surface area (TPSA) is 102 Å². The summed E-state index contributed by atoms with van der Waals surface area (Å²) < 4.78 is 65.2. The zero-order valence-electron chi connectivity index (χ0n) is 17.6. The van der Waals surface area contributed by atoms with Crippen LogP contribution in [0.15, 0.2) is 35.5 Å². The number of nitrogens with zero attached hydrogens (tertiary/aromatic N) is 3. The van der Waals surface area contributed by atoms with Gasteiger partial charge in [0.25, 0.3) is 12.3 Å². The molecule has 0 spiro atoms. The van der Waals surface area contributed by atoms with Gasteiger partial charge < -0.3 is 14.5 Å². The van der Waals surface area contributed by atoms with E-state index in [1.54, 1.807) is 0 Å². The number of anilines is 1. The highest BCUT2D eigenvalue weighted by molar-refractivity contribution is 7.86. The highest BCUT2D eigenvalue weighted by Gasteiger charge is 2.23. The van der Waals surface area contributed by atoms with E-state index in [9.17, 15) is 17.4 Å². The second-order valence-corrected chi connectivity index (χ2v) is 7.95. The number of halogens is 3. The number of H-pyrrole nitrogens is 1. The molecule has 0 aliphatic rings. The smallest absolute Gasteiger partial charge is 0.272 e. The van der Waals surface area contributed by atoms with Gasteiger partial charge in [0.1, 0.15) is 12.3 Å². The van der Waals surface area contributed by atoms with E-state index in [1.165, 1.54) is 37.7 Å². The fourth-order valence-corrected chi connectivity index (χ4v) is 3.55. The molecule has 0 saturated heterocycles. The molecule has 172 valence electrons. The fraction of sp³-hybridized carbons (Fsp3) is 0.350. The standard InChI is InChI=1S/C20H22F3N5O3S/c1-4-11(2)16-18(31-10-15(22)23)19(30-3)27-20(26-16)28-32(29)12-8-14(25-9-12)17-13(21)6-5-7-24-17/h5-9,11,15,25H,4,10H2,1-3H3,(H,26,27,28). The van der Waals surface area contributed by atoms with E-state index in [-0.39, 0.29) is 29.2 Å². The number of methoxy groups -OCH3 is 1. The summed E-state index contributed by atoms with van der Waals surface area (Å²) in [5, 5.41) is 0. The quantitative estimate of drug-likeness (QED) is 0.459. The van der Waals surface area contributed by atoms with Crippen LogP contribution in [0.1, 0.15) is 31.9 Å². The molecule has 0 bridgehead atoms. The molecule has 0 saturated carbocycles. The maximum absolute atomic E-state index is 14.0. The number of hydrogen-bond acceptors (Lipinski definition) is 6. The van der Waals surface area contributed by atoms with Crippen molar-refractivity contribution < 1.29 is 26.9 Å². The highest BCUT2D eigenvalue weighted by Crippen LogP contribution is 2.36. The first-order valence-electron chi connectivity index (χ1n) is 9.68. The number of alkyl halides is 2. The minimum Gasteiger partial charge on any atom is -0.480 e. The molecule has 3 rings (SSSR count). The predicted octanol–water partition coefficient (Wildman–Crippen LogP) is 4.31. The maximum Gasteiger partial charge on any atom is 0.272 e. The van der Waals surface area contributed by atoms with Crippen LogP contribution in [-0.4, -0.2) is 44.3 Å². The van der Waals surface area contributed by atoms with Crippen LogP contribution in [0, 0.1) is 5.82 Å². The zero-order chi connectivity index (χ0) is 23.3. The summed E-state index contributed by atoms with van der Waals surface area (Å²) in [6, 6.07) is 4.23. The Labute approximate surface area is 185 Å². The van der Waals surface area contributed by atoms with Crippen LogP contribution in [-0.2, 0) is 11.0 Å². The van der Waals surface area contributed by atoms with Crippen molar-refractivity contribution in [2.24, 2.45) is 0 Å². The molecule has 8 nitrogen and oxygen atoms in total. The lowest BCUT2D eigenvalue weighted by Gasteiger charge is -2.18. The van der Waals surface area contributed by atoms with Crippen LogP contribution in [0.25, 0.3) is 11.4 Å². The third-order valence-corrected chi connectivity index (χ3v) is 5.59. The van der Waals surface area contributed by atoms with Crippen molar-refractivity contribution in [3.8, 4) is 23.0 Å². The van der Waals surface area contributed by atoms with Crippen LogP contribution < -0.4 is 14.2 Å². The summed E-state index contributed by atoms with van der Waals surface area (Å²) in [4.78, 5) is 15.5. The molecule has 3 aromatic heterocycles. The molecule has 0 aromatic carbocycles. The van der Waals surface area contributed by atoms with E-state index >= 15 is 0 Å². The van der Waals surface area contributed by atoms with Gasteiger partial charge in [0.2, 0.25) is 11.7 Å². The number of ether oxygens (including phenoxy) is 2. The second-order valence-electron chi connectivity index (χ2n) is 6.74. The number of aromatic nitrogens is 4. The molecule has 3 heterocycles. The maximum atomic E-state index is 14.0. The van der Waals surface area contributed by atoms with Gasteiger partial charge in [0.05, 0.1) is 23.4 Å². The van der Waals surface area contributed by atoms with Crippen LogP contribution >= 0.6 is 0 Å². The lowest BCUT2D eigenvalue weighted by molar-refractivity contribution is 0.0790. The Morgan fingerprint density at radius 1 is 1.31 bits per heavy atom. The third-order valence-electron chi connectivity index (χ3n) is 4.56. The van der Waals surface area contributed by atoms with Gasteiger partial charge in [-0.15, -0.1) is 0 Å². The largest absolute Gasteiger partial charge is 0.480 e. The van der Waals surface area contributed by atoms with Crippen LogP contribution in [0.2, 0.25) is 0 Å². The van der Waals surface area contributed by atoms with Crippen LogP contribution in [0.5, 0.6) is 11.6 Å². The Balaban J connectivity index is 1.88. The number of nitrogens with one attached hydrogen (secondary N) is 2. The van der Waals surface area contributed by atoms with Gasteiger partial charge in [-0.05, 0) is 24.6 Å². The highest BCUT2D eigenvalue weighted by atomic mass is 32.2. The molecular formula is C20H22F3N5O3S. The summed E-state index contributed by atoms with van der Waals surface area (Å²) in [7, 11) is -0.500. The Hall–Kier alpha value is -3.15. The molecule has 2 unspecified atom stereocenters. The minimum atomic E-state index is -2.68. The van der Waals surface area contributed by atoms with Gasteiger partial charge in [-0.1, -0.05) is 13.8 Å². The number of pyridine rings is 1. The Kier molecular flexibility index (Phi) is 7.67. The Morgan fingerprint density at radius 3 is 2.75 bits per heavy atom.